The molecule has 1 atom stereocenters. The number of anilines is 1. The fraction of sp³-hybridized carbons (Fsp3) is 0.400. The van der Waals surface area contributed by atoms with E-state index in [1.807, 2.05) is 6.92 Å². The first-order valence-corrected chi connectivity index (χ1v) is 7.56. The number of nitrogens with zero attached hydrogens (tertiary/aromatic N) is 2. The van der Waals surface area contributed by atoms with E-state index in [-0.39, 0.29) is 23.5 Å². The molecule has 0 spiro atoms. The van der Waals surface area contributed by atoms with Gasteiger partial charge < -0.3 is 10.4 Å². The molecule has 6 nitrogen and oxygen atoms in total. The first kappa shape index (κ1) is 16.5. The second kappa shape index (κ2) is 7.38. The Morgan fingerprint density at radius 2 is 2.14 bits per heavy atom. The van der Waals surface area contributed by atoms with Crippen molar-refractivity contribution in [2.45, 2.75) is 32.2 Å². The lowest BCUT2D eigenvalue weighted by molar-refractivity contribution is -0.384. The number of aliphatic hydroxyl groups excluding tert-OH is 1. The fourth-order valence-corrected chi connectivity index (χ4v) is 2.74. The van der Waals surface area contributed by atoms with Gasteiger partial charge in [0.15, 0.2) is 0 Å². The monoisotopic (exact) mass is 323 g/mol. The Morgan fingerprint density at radius 1 is 1.41 bits per heavy atom. The highest BCUT2D eigenvalue weighted by molar-refractivity contribution is 6.33. The van der Waals surface area contributed by atoms with Crippen LogP contribution in [0.2, 0.25) is 5.15 Å². The van der Waals surface area contributed by atoms with Gasteiger partial charge in [-0.2, -0.15) is 0 Å². The van der Waals surface area contributed by atoms with E-state index in [0.29, 0.717) is 23.0 Å². The number of nitrogens with one attached hydrogen (secondary N) is 1. The second-order valence-electron chi connectivity index (χ2n) is 5.04. The van der Waals surface area contributed by atoms with Gasteiger partial charge in [0.1, 0.15) is 5.69 Å². The van der Waals surface area contributed by atoms with Crippen LogP contribution in [0.25, 0.3) is 10.9 Å². The Kier molecular flexibility index (Phi) is 5.51. The summed E-state index contributed by atoms with van der Waals surface area (Å²) < 4.78 is 0. The van der Waals surface area contributed by atoms with Crippen LogP contribution in [0.15, 0.2) is 24.3 Å². The van der Waals surface area contributed by atoms with Crippen molar-refractivity contribution in [3.8, 4) is 0 Å². The van der Waals surface area contributed by atoms with Crippen molar-refractivity contribution >= 4 is 33.9 Å². The highest BCUT2D eigenvalue weighted by Gasteiger charge is 2.25. The minimum atomic E-state index is -0.522. The van der Waals surface area contributed by atoms with Gasteiger partial charge in [0.25, 0.3) is 0 Å². The van der Waals surface area contributed by atoms with E-state index < -0.39 is 4.92 Å². The number of hydrogen-bond donors (Lipinski definition) is 2. The molecule has 1 aromatic heterocycles. The van der Waals surface area contributed by atoms with Crippen molar-refractivity contribution in [2.75, 3.05) is 11.9 Å². The van der Waals surface area contributed by atoms with Gasteiger partial charge in [0, 0.05) is 18.0 Å². The van der Waals surface area contributed by atoms with E-state index >= 15 is 0 Å². The number of rotatable bonds is 7. The third kappa shape index (κ3) is 3.45. The largest absolute Gasteiger partial charge is 0.396 e. The summed E-state index contributed by atoms with van der Waals surface area (Å²) >= 11 is 6.00. The zero-order valence-electron chi connectivity index (χ0n) is 12.3. The Hall–Kier alpha value is -1.92. The molecule has 0 bridgehead atoms. The van der Waals surface area contributed by atoms with E-state index in [2.05, 4.69) is 10.3 Å². The number of halogens is 1. The lowest BCUT2D eigenvalue weighted by Gasteiger charge is -2.19. The Bertz CT molecular complexity index is 672. The maximum absolute atomic E-state index is 11.4. The number of aliphatic hydroxyl groups is 1. The summed E-state index contributed by atoms with van der Waals surface area (Å²) in [6, 6.07) is 7.08. The molecule has 2 aromatic rings. The molecule has 0 fully saturated rings. The summed E-state index contributed by atoms with van der Waals surface area (Å²) in [4.78, 5) is 14.9. The van der Waals surface area contributed by atoms with Crippen LogP contribution >= 0.6 is 11.6 Å². The number of nitro groups is 1. The summed E-state index contributed by atoms with van der Waals surface area (Å²) in [5.41, 5.74) is 0.742. The summed E-state index contributed by atoms with van der Waals surface area (Å²) in [6.07, 6.45) is 2.22. The van der Waals surface area contributed by atoms with E-state index in [1.54, 1.807) is 24.3 Å². The molecule has 1 heterocycles. The molecule has 0 amide bonds. The van der Waals surface area contributed by atoms with Gasteiger partial charge in [0.05, 0.1) is 10.4 Å². The van der Waals surface area contributed by atoms with Crippen LogP contribution in [0, 0.1) is 10.1 Å². The number of pyridine rings is 1. The average molecular weight is 324 g/mol. The van der Waals surface area contributed by atoms with Gasteiger partial charge in [-0.3, -0.25) is 10.1 Å². The van der Waals surface area contributed by atoms with E-state index in [9.17, 15) is 15.2 Å². The van der Waals surface area contributed by atoms with Gasteiger partial charge >= 0.3 is 5.69 Å². The van der Waals surface area contributed by atoms with Crippen LogP contribution < -0.4 is 5.32 Å². The maximum atomic E-state index is 11.4. The molecule has 22 heavy (non-hydrogen) atoms. The molecular weight excluding hydrogens is 306 g/mol. The number of hydrogen-bond acceptors (Lipinski definition) is 5. The zero-order chi connectivity index (χ0) is 16.1. The van der Waals surface area contributed by atoms with E-state index in [4.69, 9.17) is 11.6 Å². The average Bonchev–Trinajstić information content (AvgIpc) is 2.47. The molecule has 0 saturated carbocycles. The number of benzene rings is 1. The lowest BCUT2D eigenvalue weighted by atomic mass is 10.1. The molecule has 0 aliphatic heterocycles. The lowest BCUT2D eigenvalue weighted by Crippen LogP contribution is -2.21. The standard InChI is InChI=1S/C15H18ClN3O3/c1-2-5-10(8-9-20)17-13-11-6-3-4-7-12(11)18-15(16)14(13)19(21)22/h3-4,6-7,10,20H,2,5,8-9H2,1H3,(H,17,18). The van der Waals surface area contributed by atoms with Gasteiger partial charge in [-0.05, 0) is 18.9 Å². The fourth-order valence-electron chi connectivity index (χ4n) is 2.48. The SMILES string of the molecule is CCCC(CCO)Nc1c([N+](=O)[O-])c(Cl)nc2ccccc12. The predicted octanol–water partition coefficient (Wildman–Crippen LogP) is 3.76. The predicted molar refractivity (Wildman–Crippen MR) is 87.4 cm³/mol. The van der Waals surface area contributed by atoms with Crippen molar-refractivity contribution in [3.05, 3.63) is 39.5 Å². The van der Waals surface area contributed by atoms with Crippen LogP contribution in [0.3, 0.4) is 0 Å². The zero-order valence-corrected chi connectivity index (χ0v) is 13.0. The second-order valence-corrected chi connectivity index (χ2v) is 5.40. The van der Waals surface area contributed by atoms with Crippen LogP contribution in [0.4, 0.5) is 11.4 Å². The molecule has 1 unspecified atom stereocenters. The van der Waals surface area contributed by atoms with Gasteiger partial charge in [-0.1, -0.05) is 43.1 Å². The van der Waals surface area contributed by atoms with Crippen LogP contribution in [0.1, 0.15) is 26.2 Å². The molecule has 0 aliphatic carbocycles. The Balaban J connectivity index is 2.57. The van der Waals surface area contributed by atoms with Gasteiger partial charge in [0.2, 0.25) is 5.15 Å². The van der Waals surface area contributed by atoms with Crippen molar-refractivity contribution < 1.29 is 10.0 Å². The number of aromatic nitrogens is 1. The van der Waals surface area contributed by atoms with Crippen molar-refractivity contribution in [3.63, 3.8) is 0 Å². The Morgan fingerprint density at radius 3 is 2.77 bits per heavy atom. The quantitative estimate of drug-likeness (QED) is 0.460. The van der Waals surface area contributed by atoms with Crippen LogP contribution in [-0.2, 0) is 0 Å². The minimum Gasteiger partial charge on any atom is -0.396 e. The first-order chi connectivity index (χ1) is 10.6. The Labute approximate surface area is 133 Å². The summed E-state index contributed by atoms with van der Waals surface area (Å²) in [7, 11) is 0. The summed E-state index contributed by atoms with van der Waals surface area (Å²) in [6.45, 7) is 2.04. The molecule has 2 rings (SSSR count). The van der Waals surface area contributed by atoms with Gasteiger partial charge in [-0.15, -0.1) is 0 Å². The van der Waals surface area contributed by atoms with Crippen LogP contribution in [0.5, 0.6) is 0 Å². The molecule has 118 valence electrons. The molecule has 1 aromatic carbocycles. The highest BCUT2D eigenvalue weighted by Crippen LogP contribution is 2.38. The maximum Gasteiger partial charge on any atom is 0.329 e. The highest BCUT2D eigenvalue weighted by atomic mass is 35.5. The third-order valence-electron chi connectivity index (χ3n) is 3.47. The number of para-hydroxylation sites is 1. The molecule has 0 aliphatic rings. The van der Waals surface area contributed by atoms with Crippen LogP contribution in [-0.4, -0.2) is 27.7 Å². The third-order valence-corrected chi connectivity index (χ3v) is 3.73. The minimum absolute atomic E-state index is 0.0161. The molecule has 7 heteroatoms. The van der Waals surface area contributed by atoms with E-state index in [1.165, 1.54) is 0 Å². The molecule has 2 N–H and O–H groups in total. The van der Waals surface area contributed by atoms with Crippen molar-refractivity contribution in [2.24, 2.45) is 0 Å². The van der Waals surface area contributed by atoms with Crippen molar-refractivity contribution in [1.82, 2.24) is 4.98 Å². The first-order valence-electron chi connectivity index (χ1n) is 7.18. The number of fused-ring (bicyclic) bond motifs is 1. The van der Waals surface area contributed by atoms with E-state index in [0.717, 1.165) is 12.8 Å². The smallest absolute Gasteiger partial charge is 0.329 e. The summed E-state index contributed by atoms with van der Waals surface area (Å²) in [5, 5.41) is 24.3. The van der Waals surface area contributed by atoms with Gasteiger partial charge in [-0.25, -0.2) is 4.98 Å². The molecular formula is C15H18ClN3O3. The molecule has 0 radical (unpaired) electrons. The van der Waals surface area contributed by atoms with Crippen molar-refractivity contribution in [1.29, 1.82) is 0 Å². The molecule has 0 saturated heterocycles. The normalized spacial score (nSPS) is 12.3. The topological polar surface area (TPSA) is 88.3 Å². The summed E-state index contributed by atoms with van der Waals surface area (Å²) in [5.74, 6) is 0.